The average molecular weight is 345 g/mol. The van der Waals surface area contributed by atoms with Gasteiger partial charge in [-0.3, -0.25) is 14.7 Å². The van der Waals surface area contributed by atoms with Gasteiger partial charge in [-0.05, 0) is 31.5 Å². The molecule has 1 atom stereocenters. The van der Waals surface area contributed by atoms with E-state index in [-0.39, 0.29) is 5.54 Å². The van der Waals surface area contributed by atoms with E-state index in [0.717, 1.165) is 38.6 Å². The van der Waals surface area contributed by atoms with Gasteiger partial charge in [0.05, 0.1) is 26.4 Å². The van der Waals surface area contributed by atoms with Crippen LogP contribution < -0.4 is 4.74 Å². The molecule has 0 aromatic heterocycles. The van der Waals surface area contributed by atoms with Gasteiger partial charge in [-0.25, -0.2) is 0 Å². The summed E-state index contributed by atoms with van der Waals surface area (Å²) in [6.45, 7) is 13.5. The van der Waals surface area contributed by atoms with Crippen molar-refractivity contribution in [3.63, 3.8) is 0 Å². The van der Waals surface area contributed by atoms with Crippen LogP contribution in [0.5, 0.6) is 5.75 Å². The van der Waals surface area contributed by atoms with E-state index >= 15 is 0 Å². The van der Waals surface area contributed by atoms with Gasteiger partial charge in [-0.2, -0.15) is 0 Å². The lowest BCUT2D eigenvalue weighted by Gasteiger charge is -2.57. The maximum absolute atomic E-state index is 5.41. The van der Waals surface area contributed by atoms with E-state index in [1.807, 2.05) is 0 Å². The van der Waals surface area contributed by atoms with Gasteiger partial charge < -0.3 is 9.47 Å². The molecule has 5 heteroatoms. The Morgan fingerprint density at radius 3 is 2.48 bits per heavy atom. The van der Waals surface area contributed by atoms with Crippen LogP contribution in [-0.4, -0.2) is 85.4 Å². The molecule has 0 bridgehead atoms. The Morgan fingerprint density at radius 1 is 1.08 bits per heavy atom. The molecule has 3 fully saturated rings. The molecule has 0 spiro atoms. The molecule has 3 aliphatic rings. The highest BCUT2D eigenvalue weighted by atomic mass is 16.5. The zero-order valence-corrected chi connectivity index (χ0v) is 15.8. The summed E-state index contributed by atoms with van der Waals surface area (Å²) in [5.41, 5.74) is 1.60. The van der Waals surface area contributed by atoms with Gasteiger partial charge in [0, 0.05) is 50.8 Å². The van der Waals surface area contributed by atoms with Crippen molar-refractivity contribution in [2.75, 3.05) is 53.0 Å². The van der Waals surface area contributed by atoms with E-state index in [2.05, 4.69) is 52.8 Å². The number of hydrogen-bond acceptors (Lipinski definition) is 5. The zero-order chi connectivity index (χ0) is 17.4. The molecule has 5 nitrogen and oxygen atoms in total. The van der Waals surface area contributed by atoms with Crippen LogP contribution in [0, 0.1) is 0 Å². The summed E-state index contributed by atoms with van der Waals surface area (Å²) in [7, 11) is 1.72. The third-order valence-electron chi connectivity index (χ3n) is 6.07. The van der Waals surface area contributed by atoms with Crippen LogP contribution in [0.1, 0.15) is 19.4 Å². The summed E-state index contributed by atoms with van der Waals surface area (Å²) in [6.07, 6.45) is 0. The Balaban J connectivity index is 1.43. The summed E-state index contributed by atoms with van der Waals surface area (Å²) in [4.78, 5) is 8.02. The van der Waals surface area contributed by atoms with E-state index < -0.39 is 0 Å². The quantitative estimate of drug-likeness (QED) is 0.828. The van der Waals surface area contributed by atoms with E-state index in [0.29, 0.717) is 12.1 Å². The number of ether oxygens (including phenoxy) is 2. The van der Waals surface area contributed by atoms with Crippen LogP contribution in [0.25, 0.3) is 0 Å². The highest BCUT2D eigenvalue weighted by Crippen LogP contribution is 2.30. The summed E-state index contributed by atoms with van der Waals surface area (Å²) < 4.78 is 10.7. The maximum atomic E-state index is 5.41. The van der Waals surface area contributed by atoms with Gasteiger partial charge in [-0.15, -0.1) is 0 Å². The van der Waals surface area contributed by atoms with E-state index in [1.165, 1.54) is 25.2 Å². The predicted octanol–water partition coefficient (Wildman–Crippen LogP) is 1.67. The lowest BCUT2D eigenvalue weighted by molar-refractivity contribution is -0.118. The van der Waals surface area contributed by atoms with E-state index in [1.54, 1.807) is 7.11 Å². The Kier molecular flexibility index (Phi) is 4.75. The Bertz CT molecular complexity index is 585. The second-order valence-electron chi connectivity index (χ2n) is 8.36. The van der Waals surface area contributed by atoms with Gasteiger partial charge in [0.25, 0.3) is 0 Å². The average Bonchev–Trinajstić information content (AvgIpc) is 2.53. The Hall–Kier alpha value is -1.14. The van der Waals surface area contributed by atoms with Crippen molar-refractivity contribution in [3.8, 4) is 5.75 Å². The fourth-order valence-electron chi connectivity index (χ4n) is 4.71. The molecule has 0 aliphatic carbocycles. The molecule has 4 rings (SSSR count). The van der Waals surface area contributed by atoms with Crippen LogP contribution in [0.3, 0.4) is 0 Å². The first-order valence-corrected chi connectivity index (χ1v) is 9.49. The molecule has 0 amide bonds. The first-order valence-electron chi connectivity index (χ1n) is 9.49. The largest absolute Gasteiger partial charge is 0.497 e. The van der Waals surface area contributed by atoms with Crippen molar-refractivity contribution in [1.82, 2.24) is 14.7 Å². The number of piperazine rings is 2. The molecule has 1 unspecified atom stereocenters. The fraction of sp³-hybridized carbons (Fsp3) is 0.700. The number of hydrogen-bond donors (Lipinski definition) is 0. The van der Waals surface area contributed by atoms with Crippen LogP contribution in [0.4, 0.5) is 0 Å². The molecule has 0 radical (unpaired) electrons. The topological polar surface area (TPSA) is 28.2 Å². The molecule has 25 heavy (non-hydrogen) atoms. The number of methoxy groups -OCH3 is 1. The lowest BCUT2D eigenvalue weighted by atomic mass is 9.92. The van der Waals surface area contributed by atoms with Crippen LogP contribution in [-0.2, 0) is 11.3 Å². The Morgan fingerprint density at radius 2 is 1.84 bits per heavy atom. The third kappa shape index (κ3) is 3.56. The number of rotatable bonds is 4. The molecule has 3 saturated heterocycles. The first kappa shape index (κ1) is 17.3. The molecule has 0 saturated carbocycles. The molecule has 1 aromatic rings. The lowest BCUT2D eigenvalue weighted by Crippen LogP contribution is -2.71. The van der Waals surface area contributed by atoms with Crippen molar-refractivity contribution in [2.24, 2.45) is 0 Å². The third-order valence-corrected chi connectivity index (χ3v) is 6.07. The predicted molar refractivity (Wildman–Crippen MR) is 99.0 cm³/mol. The van der Waals surface area contributed by atoms with Gasteiger partial charge in [0.1, 0.15) is 5.75 Å². The first-order chi connectivity index (χ1) is 12.0. The minimum atomic E-state index is 0.234. The van der Waals surface area contributed by atoms with E-state index in [4.69, 9.17) is 9.47 Å². The van der Waals surface area contributed by atoms with Gasteiger partial charge in [-0.1, -0.05) is 12.1 Å². The number of benzene rings is 1. The monoisotopic (exact) mass is 345 g/mol. The molecular weight excluding hydrogens is 314 g/mol. The maximum Gasteiger partial charge on any atom is 0.118 e. The van der Waals surface area contributed by atoms with Gasteiger partial charge in [0.15, 0.2) is 0 Å². The fourth-order valence-corrected chi connectivity index (χ4v) is 4.71. The summed E-state index contributed by atoms with van der Waals surface area (Å²) >= 11 is 0. The van der Waals surface area contributed by atoms with Crippen LogP contribution >= 0.6 is 0 Å². The van der Waals surface area contributed by atoms with Crippen LogP contribution in [0.15, 0.2) is 24.3 Å². The normalized spacial score (nSPS) is 28.4. The van der Waals surface area contributed by atoms with E-state index in [9.17, 15) is 0 Å². The smallest absolute Gasteiger partial charge is 0.118 e. The van der Waals surface area contributed by atoms with Crippen molar-refractivity contribution < 1.29 is 9.47 Å². The highest BCUT2D eigenvalue weighted by molar-refractivity contribution is 5.27. The summed E-state index contributed by atoms with van der Waals surface area (Å²) in [6, 6.07) is 9.79. The molecule has 0 N–H and O–H groups in total. The molecule has 138 valence electrons. The molecular formula is C20H31N3O2. The second kappa shape index (κ2) is 6.88. The standard InChI is InChI=1S/C20H31N3O2/c1-20(2)15-21(10-16-4-6-19(24-3)7-5-16)11-17-12-22(8-9-23(17)20)18-13-25-14-18/h4-7,17-18H,8-15H2,1-3H3. The number of fused-ring (bicyclic) bond motifs is 1. The molecule has 3 aliphatic heterocycles. The van der Waals surface area contributed by atoms with Crippen molar-refractivity contribution >= 4 is 0 Å². The minimum Gasteiger partial charge on any atom is -0.497 e. The summed E-state index contributed by atoms with van der Waals surface area (Å²) in [5.74, 6) is 0.930. The minimum absolute atomic E-state index is 0.234. The zero-order valence-electron chi connectivity index (χ0n) is 15.8. The van der Waals surface area contributed by atoms with Gasteiger partial charge in [0.2, 0.25) is 0 Å². The van der Waals surface area contributed by atoms with Crippen molar-refractivity contribution in [2.45, 2.75) is 38.0 Å². The van der Waals surface area contributed by atoms with Crippen molar-refractivity contribution in [1.29, 1.82) is 0 Å². The Labute approximate surface area is 151 Å². The highest BCUT2D eigenvalue weighted by Gasteiger charge is 2.44. The molecule has 3 heterocycles. The SMILES string of the molecule is COc1ccc(CN2CC3CN(C4COC4)CCN3C(C)(C)C2)cc1. The summed E-state index contributed by atoms with van der Waals surface area (Å²) in [5, 5.41) is 0. The molecule has 1 aromatic carbocycles. The van der Waals surface area contributed by atoms with Gasteiger partial charge >= 0.3 is 0 Å². The number of nitrogens with zero attached hydrogens (tertiary/aromatic N) is 3. The van der Waals surface area contributed by atoms with Crippen molar-refractivity contribution in [3.05, 3.63) is 29.8 Å². The van der Waals surface area contributed by atoms with Crippen LogP contribution in [0.2, 0.25) is 0 Å². The second-order valence-corrected chi connectivity index (χ2v) is 8.36.